The lowest BCUT2D eigenvalue weighted by molar-refractivity contribution is -0.143. The Bertz CT molecular complexity index is 528. The molecule has 0 spiro atoms. The Hall–Kier alpha value is -1.98. The lowest BCUT2D eigenvalue weighted by Gasteiger charge is -2.43. The third-order valence-corrected chi connectivity index (χ3v) is 4.39. The van der Waals surface area contributed by atoms with Gasteiger partial charge < -0.3 is 9.80 Å². The molecule has 1 aromatic rings. The fourth-order valence-electron chi connectivity index (χ4n) is 3.03. The van der Waals surface area contributed by atoms with Crippen molar-refractivity contribution >= 4 is 11.8 Å². The minimum absolute atomic E-state index is 0.0498. The van der Waals surface area contributed by atoms with Crippen molar-refractivity contribution in [2.24, 2.45) is 5.92 Å². The molecule has 6 nitrogen and oxygen atoms in total. The molecular weight excluding hydrogens is 268 g/mol. The van der Waals surface area contributed by atoms with Gasteiger partial charge in [-0.25, -0.2) is 4.98 Å². The quantitative estimate of drug-likeness (QED) is 0.812. The first-order valence-electron chi connectivity index (χ1n) is 7.52. The molecule has 1 atom stereocenters. The van der Waals surface area contributed by atoms with Crippen molar-refractivity contribution in [3.05, 3.63) is 24.3 Å². The largest absolute Gasteiger partial charge is 0.340 e. The van der Waals surface area contributed by atoms with Crippen molar-refractivity contribution in [2.45, 2.75) is 32.2 Å². The van der Waals surface area contributed by atoms with Crippen molar-refractivity contribution in [1.82, 2.24) is 19.8 Å². The van der Waals surface area contributed by atoms with Gasteiger partial charge >= 0.3 is 0 Å². The lowest BCUT2D eigenvalue weighted by Crippen LogP contribution is -2.58. The molecular formula is C15H20N4O2. The summed E-state index contributed by atoms with van der Waals surface area (Å²) in [5.41, 5.74) is 0.342. The van der Waals surface area contributed by atoms with Crippen LogP contribution < -0.4 is 0 Å². The first-order valence-corrected chi connectivity index (χ1v) is 7.52. The van der Waals surface area contributed by atoms with E-state index in [-0.39, 0.29) is 17.7 Å². The van der Waals surface area contributed by atoms with E-state index < -0.39 is 0 Å². The molecule has 6 heteroatoms. The third kappa shape index (κ3) is 2.75. The molecule has 2 saturated heterocycles. The zero-order chi connectivity index (χ0) is 14.8. The number of hydrogen-bond acceptors (Lipinski definition) is 4. The molecule has 0 bridgehead atoms. The Morgan fingerprint density at radius 3 is 2.71 bits per heavy atom. The molecule has 1 aromatic heterocycles. The highest BCUT2D eigenvalue weighted by Crippen LogP contribution is 2.24. The zero-order valence-corrected chi connectivity index (χ0v) is 12.2. The van der Waals surface area contributed by atoms with Crippen LogP contribution in [0, 0.1) is 5.92 Å². The molecule has 0 radical (unpaired) electrons. The summed E-state index contributed by atoms with van der Waals surface area (Å²) in [7, 11) is 0. The average Bonchev–Trinajstić information content (AvgIpc) is 2.47. The summed E-state index contributed by atoms with van der Waals surface area (Å²) in [6.07, 6.45) is 7.88. The van der Waals surface area contributed by atoms with E-state index in [1.54, 1.807) is 4.90 Å². The number of aromatic nitrogens is 2. The summed E-state index contributed by atoms with van der Waals surface area (Å²) in [6, 6.07) is 0.330. The van der Waals surface area contributed by atoms with Gasteiger partial charge in [-0.2, -0.15) is 0 Å². The van der Waals surface area contributed by atoms with Gasteiger partial charge in [-0.05, 0) is 26.2 Å². The van der Waals surface area contributed by atoms with E-state index >= 15 is 0 Å². The monoisotopic (exact) mass is 288 g/mol. The van der Waals surface area contributed by atoms with Crippen LogP contribution in [0.15, 0.2) is 18.6 Å². The second-order valence-corrected chi connectivity index (χ2v) is 5.87. The van der Waals surface area contributed by atoms with E-state index in [9.17, 15) is 9.59 Å². The van der Waals surface area contributed by atoms with Crippen LogP contribution in [-0.2, 0) is 4.79 Å². The fourth-order valence-corrected chi connectivity index (χ4v) is 3.03. The Balaban J connectivity index is 1.56. The maximum Gasteiger partial charge on any atom is 0.274 e. The second-order valence-electron chi connectivity index (χ2n) is 5.87. The number of carbonyl (C=O) groups excluding carboxylic acids is 2. The van der Waals surface area contributed by atoms with E-state index in [2.05, 4.69) is 16.9 Å². The highest BCUT2D eigenvalue weighted by Gasteiger charge is 2.39. The van der Waals surface area contributed by atoms with Gasteiger partial charge in [0, 0.05) is 38.1 Å². The first kappa shape index (κ1) is 14.0. The maximum atomic E-state index is 12.5. The van der Waals surface area contributed by atoms with E-state index in [1.807, 2.05) is 4.90 Å². The van der Waals surface area contributed by atoms with E-state index in [4.69, 9.17) is 0 Å². The van der Waals surface area contributed by atoms with Crippen LogP contribution in [0.5, 0.6) is 0 Å². The molecule has 2 aliphatic heterocycles. The van der Waals surface area contributed by atoms with E-state index in [0.717, 1.165) is 19.4 Å². The number of amides is 2. The number of likely N-dealkylation sites (tertiary alicyclic amines) is 2. The Morgan fingerprint density at radius 2 is 2.05 bits per heavy atom. The highest BCUT2D eigenvalue weighted by atomic mass is 16.2. The first-order chi connectivity index (χ1) is 10.2. The summed E-state index contributed by atoms with van der Waals surface area (Å²) in [5, 5.41) is 0. The van der Waals surface area contributed by atoms with Crippen LogP contribution >= 0.6 is 0 Å². The molecule has 0 saturated carbocycles. The molecule has 3 rings (SSSR count). The number of nitrogens with zero attached hydrogens (tertiary/aromatic N) is 4. The predicted molar refractivity (Wildman–Crippen MR) is 76.5 cm³/mol. The van der Waals surface area contributed by atoms with Crippen LogP contribution in [0.25, 0.3) is 0 Å². The SMILES string of the molecule is CC1CCCCN1C(=O)C1CN(C(=O)c2cnccn2)C1. The molecule has 0 aliphatic carbocycles. The van der Waals surface area contributed by atoms with Crippen LogP contribution in [0.1, 0.15) is 36.7 Å². The van der Waals surface area contributed by atoms with Gasteiger partial charge in [0.2, 0.25) is 5.91 Å². The van der Waals surface area contributed by atoms with E-state index in [0.29, 0.717) is 24.8 Å². The smallest absolute Gasteiger partial charge is 0.274 e. The van der Waals surface area contributed by atoms with Gasteiger partial charge in [-0.1, -0.05) is 0 Å². The van der Waals surface area contributed by atoms with Crippen molar-refractivity contribution in [3.8, 4) is 0 Å². The normalized spacial score (nSPS) is 22.8. The van der Waals surface area contributed by atoms with Crippen LogP contribution in [-0.4, -0.2) is 57.3 Å². The Labute approximate surface area is 124 Å². The Kier molecular flexibility index (Phi) is 3.86. The average molecular weight is 288 g/mol. The molecule has 3 heterocycles. The van der Waals surface area contributed by atoms with Crippen LogP contribution in [0.4, 0.5) is 0 Å². The van der Waals surface area contributed by atoms with Crippen LogP contribution in [0.2, 0.25) is 0 Å². The lowest BCUT2D eigenvalue weighted by atomic mass is 9.94. The van der Waals surface area contributed by atoms with Gasteiger partial charge in [0.1, 0.15) is 5.69 Å². The Morgan fingerprint density at radius 1 is 1.24 bits per heavy atom. The summed E-state index contributed by atoms with van der Waals surface area (Å²) >= 11 is 0. The number of hydrogen-bond donors (Lipinski definition) is 0. The van der Waals surface area contributed by atoms with Crippen molar-refractivity contribution in [1.29, 1.82) is 0 Å². The number of carbonyl (C=O) groups is 2. The summed E-state index contributed by atoms with van der Waals surface area (Å²) < 4.78 is 0. The molecule has 2 fully saturated rings. The minimum Gasteiger partial charge on any atom is -0.340 e. The summed E-state index contributed by atoms with van der Waals surface area (Å²) in [6.45, 7) is 3.96. The number of rotatable bonds is 2. The van der Waals surface area contributed by atoms with Gasteiger partial charge in [-0.3, -0.25) is 14.6 Å². The summed E-state index contributed by atoms with van der Waals surface area (Å²) in [5.74, 6) is 0.00964. The predicted octanol–water partition coefficient (Wildman–Crippen LogP) is 0.950. The molecule has 0 aromatic carbocycles. The molecule has 21 heavy (non-hydrogen) atoms. The van der Waals surface area contributed by atoms with Crippen molar-refractivity contribution in [2.75, 3.05) is 19.6 Å². The van der Waals surface area contributed by atoms with Gasteiger partial charge in [0.05, 0.1) is 12.1 Å². The minimum atomic E-state index is -0.140. The summed E-state index contributed by atoms with van der Waals surface area (Å²) in [4.78, 5) is 36.1. The van der Waals surface area contributed by atoms with Gasteiger partial charge in [-0.15, -0.1) is 0 Å². The topological polar surface area (TPSA) is 66.4 Å². The standard InChI is InChI=1S/C15H20N4O2/c1-11-4-2-3-7-19(11)14(20)12-9-18(10-12)15(21)13-8-16-5-6-17-13/h5-6,8,11-12H,2-4,7,9-10H2,1H3. The van der Waals surface area contributed by atoms with Crippen LogP contribution in [0.3, 0.4) is 0 Å². The van der Waals surface area contributed by atoms with Crippen molar-refractivity contribution < 1.29 is 9.59 Å². The van der Waals surface area contributed by atoms with E-state index in [1.165, 1.54) is 25.0 Å². The molecule has 0 N–H and O–H groups in total. The van der Waals surface area contributed by atoms with Gasteiger partial charge in [0.25, 0.3) is 5.91 Å². The number of piperidine rings is 1. The van der Waals surface area contributed by atoms with Gasteiger partial charge in [0.15, 0.2) is 0 Å². The maximum absolute atomic E-state index is 12.5. The molecule has 2 aliphatic rings. The second kappa shape index (κ2) is 5.79. The molecule has 2 amide bonds. The fraction of sp³-hybridized carbons (Fsp3) is 0.600. The molecule has 1 unspecified atom stereocenters. The van der Waals surface area contributed by atoms with Crippen molar-refractivity contribution in [3.63, 3.8) is 0 Å². The zero-order valence-electron chi connectivity index (χ0n) is 12.2. The third-order valence-electron chi connectivity index (χ3n) is 4.39. The highest BCUT2D eigenvalue weighted by molar-refractivity contribution is 5.94. The molecule has 112 valence electrons.